The number of fused-ring (bicyclic) bond motifs is 4. The van der Waals surface area contributed by atoms with E-state index in [1.807, 2.05) is 15.5 Å². The number of halogens is 1. The lowest BCUT2D eigenvalue weighted by atomic mass is 9.83. The van der Waals surface area contributed by atoms with Crippen LogP contribution in [-0.4, -0.2) is 35.6 Å². The molecular weight excluding hydrogens is 472 g/mol. The molecule has 1 N–H and O–H groups in total. The number of ether oxygens (including phenoxy) is 1. The number of pyridine rings is 1. The van der Waals surface area contributed by atoms with Crippen LogP contribution in [0.5, 0.6) is 5.75 Å². The smallest absolute Gasteiger partial charge is 0.293 e. The highest BCUT2D eigenvalue weighted by Crippen LogP contribution is 2.40. The van der Waals surface area contributed by atoms with Crippen LogP contribution in [0.15, 0.2) is 59.4 Å². The monoisotopic (exact) mass is 494 g/mol. The van der Waals surface area contributed by atoms with E-state index in [1.54, 1.807) is 42.5 Å². The van der Waals surface area contributed by atoms with Gasteiger partial charge in [0.15, 0.2) is 0 Å². The number of methoxy groups -OCH3 is 1. The van der Waals surface area contributed by atoms with E-state index in [4.69, 9.17) is 16.3 Å². The molecule has 0 radical (unpaired) electrons. The summed E-state index contributed by atoms with van der Waals surface area (Å²) in [5.74, 6) is 0.315. The van der Waals surface area contributed by atoms with Crippen LogP contribution in [0.25, 0.3) is 0 Å². The van der Waals surface area contributed by atoms with Gasteiger partial charge in [0.1, 0.15) is 11.4 Å². The Balaban J connectivity index is 1.40. The molecule has 2 atom stereocenters. The third-order valence-electron chi connectivity index (χ3n) is 6.66. The second-order valence-corrected chi connectivity index (χ2v) is 9.27. The molecular formula is C25H23ClN4O5. The van der Waals surface area contributed by atoms with Crippen molar-refractivity contribution >= 4 is 34.6 Å². The number of piperidine rings is 1. The van der Waals surface area contributed by atoms with Crippen molar-refractivity contribution in [1.82, 2.24) is 4.57 Å². The molecule has 1 amide bonds. The molecule has 1 saturated heterocycles. The molecule has 0 aliphatic carbocycles. The minimum absolute atomic E-state index is 0.00913. The van der Waals surface area contributed by atoms with Crippen molar-refractivity contribution in [2.75, 3.05) is 30.4 Å². The Morgan fingerprint density at radius 1 is 1.14 bits per heavy atom. The number of rotatable bonds is 5. The van der Waals surface area contributed by atoms with Gasteiger partial charge in [-0.25, -0.2) is 0 Å². The van der Waals surface area contributed by atoms with Gasteiger partial charge in [-0.05, 0) is 48.7 Å². The van der Waals surface area contributed by atoms with Gasteiger partial charge in [0.25, 0.3) is 17.2 Å². The van der Waals surface area contributed by atoms with Gasteiger partial charge in [0, 0.05) is 54.6 Å². The number of aromatic nitrogens is 1. The third-order valence-corrected chi connectivity index (χ3v) is 6.96. The maximum atomic E-state index is 12.8. The predicted octanol–water partition coefficient (Wildman–Crippen LogP) is 4.29. The number of nitrogens with zero attached hydrogens (tertiary/aromatic N) is 3. The summed E-state index contributed by atoms with van der Waals surface area (Å²) in [6.45, 7) is 1.77. The van der Waals surface area contributed by atoms with Crippen LogP contribution in [0.1, 0.15) is 28.4 Å². The lowest BCUT2D eigenvalue weighted by molar-refractivity contribution is -0.384. The first-order chi connectivity index (χ1) is 16.8. The van der Waals surface area contributed by atoms with Crippen LogP contribution in [0.3, 0.4) is 0 Å². The molecule has 9 nitrogen and oxygen atoms in total. The van der Waals surface area contributed by atoms with Gasteiger partial charge in [-0.15, -0.1) is 0 Å². The number of nitro groups is 1. The van der Waals surface area contributed by atoms with E-state index >= 15 is 0 Å². The standard InChI is InChI=1S/C25H23ClN4O5/c1-35-23-8-6-18(11-19(23)26)27-25(32)16-5-7-21(22(10-16)30(33)34)28-12-15-9-17(14-28)20-3-2-4-24(31)29(20)13-15/h2-8,10-11,15,17H,9,12-14H2,1H3,(H,27,32)/t15-,17+/m1/s1. The van der Waals surface area contributed by atoms with Crippen molar-refractivity contribution in [2.24, 2.45) is 5.92 Å². The van der Waals surface area contributed by atoms with E-state index < -0.39 is 10.8 Å². The first-order valence-corrected chi connectivity index (χ1v) is 11.6. The van der Waals surface area contributed by atoms with Gasteiger partial charge in [0.2, 0.25) is 0 Å². The minimum atomic E-state index is -0.482. The summed E-state index contributed by atoms with van der Waals surface area (Å²) >= 11 is 6.12. The van der Waals surface area contributed by atoms with E-state index in [9.17, 15) is 19.7 Å². The third kappa shape index (κ3) is 4.35. The fourth-order valence-corrected chi connectivity index (χ4v) is 5.38. The molecule has 2 bridgehead atoms. The van der Waals surface area contributed by atoms with Crippen LogP contribution in [0, 0.1) is 16.0 Å². The zero-order valence-corrected chi connectivity index (χ0v) is 19.7. The van der Waals surface area contributed by atoms with Gasteiger partial charge in [-0.3, -0.25) is 19.7 Å². The Morgan fingerprint density at radius 2 is 1.97 bits per heavy atom. The van der Waals surface area contributed by atoms with Gasteiger partial charge in [0.05, 0.1) is 17.1 Å². The number of hydrogen-bond acceptors (Lipinski definition) is 6. The highest BCUT2D eigenvalue weighted by atomic mass is 35.5. The minimum Gasteiger partial charge on any atom is -0.495 e. The molecule has 5 rings (SSSR count). The molecule has 2 aliphatic rings. The summed E-state index contributed by atoms with van der Waals surface area (Å²) < 4.78 is 6.94. The van der Waals surface area contributed by atoms with Crippen LogP contribution in [-0.2, 0) is 6.54 Å². The molecule has 35 heavy (non-hydrogen) atoms. The fraction of sp³-hybridized carbons (Fsp3) is 0.280. The van der Waals surface area contributed by atoms with E-state index in [0.29, 0.717) is 41.8 Å². The highest BCUT2D eigenvalue weighted by Gasteiger charge is 2.36. The normalized spacial score (nSPS) is 18.5. The second-order valence-electron chi connectivity index (χ2n) is 8.87. The second kappa shape index (κ2) is 9.07. The zero-order chi connectivity index (χ0) is 24.7. The van der Waals surface area contributed by atoms with Crippen LogP contribution < -0.4 is 20.5 Å². The van der Waals surface area contributed by atoms with E-state index in [1.165, 1.54) is 13.2 Å². The Morgan fingerprint density at radius 3 is 2.71 bits per heavy atom. The number of anilines is 2. The number of amides is 1. The first-order valence-electron chi connectivity index (χ1n) is 11.2. The maximum Gasteiger partial charge on any atom is 0.293 e. The van der Waals surface area contributed by atoms with Gasteiger partial charge in [-0.2, -0.15) is 0 Å². The number of nitro benzene ring substituents is 1. The Bertz CT molecular complexity index is 1390. The molecule has 2 aromatic carbocycles. The summed E-state index contributed by atoms with van der Waals surface area (Å²) in [4.78, 5) is 38.6. The summed E-state index contributed by atoms with van der Waals surface area (Å²) in [7, 11) is 1.49. The van der Waals surface area contributed by atoms with E-state index in [-0.39, 0.29) is 28.6 Å². The molecule has 0 saturated carbocycles. The quantitative estimate of drug-likeness (QED) is 0.419. The summed E-state index contributed by atoms with van der Waals surface area (Å²) in [5.41, 5.74) is 1.92. The summed E-state index contributed by atoms with van der Waals surface area (Å²) in [6.07, 6.45) is 0.943. The molecule has 3 heterocycles. The molecule has 0 unspecified atom stereocenters. The van der Waals surface area contributed by atoms with Crippen LogP contribution in [0.4, 0.5) is 17.1 Å². The number of hydrogen-bond donors (Lipinski definition) is 1. The van der Waals surface area contributed by atoms with Crippen molar-refractivity contribution in [1.29, 1.82) is 0 Å². The fourth-order valence-electron chi connectivity index (χ4n) is 5.12. The topological polar surface area (TPSA) is 107 Å². The first kappa shape index (κ1) is 22.9. The van der Waals surface area contributed by atoms with Crippen LogP contribution in [0.2, 0.25) is 5.02 Å². The molecule has 1 aromatic heterocycles. The summed E-state index contributed by atoms with van der Waals surface area (Å²) in [5, 5.41) is 15.0. The molecule has 3 aromatic rings. The van der Waals surface area contributed by atoms with E-state index in [0.717, 1.165) is 12.1 Å². The molecule has 180 valence electrons. The van der Waals surface area contributed by atoms with Gasteiger partial charge in [-0.1, -0.05) is 17.7 Å². The van der Waals surface area contributed by atoms with Crippen LogP contribution >= 0.6 is 11.6 Å². The number of nitrogens with one attached hydrogen (secondary N) is 1. The average molecular weight is 495 g/mol. The SMILES string of the molecule is COc1ccc(NC(=O)c2ccc(N3C[C@H]4C[C@@H](C3)c3cccc(=O)n3C4)c([N+](=O)[O-])c2)cc1Cl. The predicted molar refractivity (Wildman–Crippen MR) is 133 cm³/mol. The Hall–Kier alpha value is -3.85. The Labute approximate surface area is 206 Å². The van der Waals surface area contributed by atoms with Crippen molar-refractivity contribution in [2.45, 2.75) is 18.9 Å². The number of benzene rings is 2. The largest absolute Gasteiger partial charge is 0.495 e. The number of carbonyl (C=O) groups is 1. The van der Waals surface area contributed by atoms with Gasteiger partial charge < -0.3 is 19.5 Å². The van der Waals surface area contributed by atoms with Crippen molar-refractivity contribution < 1.29 is 14.5 Å². The van der Waals surface area contributed by atoms with Gasteiger partial charge >= 0.3 is 0 Å². The maximum absolute atomic E-state index is 12.8. The lowest BCUT2D eigenvalue weighted by Gasteiger charge is -2.43. The molecule has 0 spiro atoms. The lowest BCUT2D eigenvalue weighted by Crippen LogP contribution is -2.47. The zero-order valence-electron chi connectivity index (χ0n) is 18.9. The van der Waals surface area contributed by atoms with Crippen molar-refractivity contribution in [3.63, 3.8) is 0 Å². The molecule has 1 fully saturated rings. The van der Waals surface area contributed by atoms with Crippen molar-refractivity contribution in [3.8, 4) is 5.75 Å². The molecule has 10 heteroatoms. The van der Waals surface area contributed by atoms with E-state index in [2.05, 4.69) is 5.32 Å². The number of carbonyl (C=O) groups excluding carboxylic acids is 1. The molecule has 2 aliphatic heterocycles. The average Bonchev–Trinajstić information content (AvgIpc) is 2.84. The highest BCUT2D eigenvalue weighted by molar-refractivity contribution is 6.32. The summed E-state index contributed by atoms with van der Waals surface area (Å²) in [6, 6.07) is 14.6. The Kier molecular flexibility index (Phi) is 5.94. The van der Waals surface area contributed by atoms with Crippen molar-refractivity contribution in [3.05, 3.63) is 91.3 Å².